The average Bonchev–Trinajstić information content (AvgIpc) is 3.86. The van der Waals surface area contributed by atoms with E-state index in [9.17, 15) is 0 Å². The molecule has 2 unspecified atom stereocenters. The number of fused-ring (bicyclic) bond motifs is 17. The molecule has 1 aliphatic carbocycles. The van der Waals surface area contributed by atoms with E-state index in [-0.39, 0.29) is 12.0 Å². The number of para-hydroxylation sites is 2. The van der Waals surface area contributed by atoms with E-state index in [1.54, 1.807) is 0 Å². The van der Waals surface area contributed by atoms with Crippen LogP contribution in [-0.2, 0) is 0 Å². The Balaban J connectivity index is 1.11. The summed E-state index contributed by atoms with van der Waals surface area (Å²) in [7, 11) is 0. The van der Waals surface area contributed by atoms with Crippen LogP contribution in [0.5, 0.6) is 0 Å². The summed E-state index contributed by atoms with van der Waals surface area (Å²) in [5.41, 5.74) is 12.4. The molecule has 2 aromatic heterocycles. The van der Waals surface area contributed by atoms with Gasteiger partial charge in [0.15, 0.2) is 0 Å². The van der Waals surface area contributed by atoms with E-state index in [1.807, 2.05) is 11.3 Å². The molecule has 0 bridgehead atoms. The molecule has 3 heterocycles. The molecule has 2 aliphatic rings. The molecule has 0 radical (unpaired) electrons. The van der Waals surface area contributed by atoms with Gasteiger partial charge in [-0.3, -0.25) is 0 Å². The third kappa shape index (κ3) is 3.71. The predicted molar refractivity (Wildman–Crippen MR) is 214 cm³/mol. The van der Waals surface area contributed by atoms with Crippen LogP contribution in [0.1, 0.15) is 40.0 Å². The monoisotopic (exact) mass is 667 g/mol. The molecule has 0 amide bonds. The molecular weight excluding hydrogens is 639 g/mol. The van der Waals surface area contributed by atoms with Gasteiger partial charge in [0.25, 0.3) is 0 Å². The molecule has 0 saturated heterocycles. The Morgan fingerprint density at radius 1 is 0.490 bits per heavy atom. The van der Waals surface area contributed by atoms with Crippen LogP contribution < -0.4 is 5.32 Å². The quantitative estimate of drug-likeness (QED) is 0.186. The Kier molecular flexibility index (Phi) is 5.52. The van der Waals surface area contributed by atoms with Crippen LogP contribution >= 0.6 is 11.3 Å². The number of furan rings is 1. The number of anilines is 1. The molecular formula is C48H29NOS. The molecule has 0 fully saturated rings. The lowest BCUT2D eigenvalue weighted by Gasteiger charge is -2.33. The molecule has 10 aromatic rings. The summed E-state index contributed by atoms with van der Waals surface area (Å²) in [5.74, 6) is 1.03. The second-order valence-electron chi connectivity index (χ2n) is 13.9. The summed E-state index contributed by atoms with van der Waals surface area (Å²) >= 11 is 1.90. The van der Waals surface area contributed by atoms with Gasteiger partial charge in [-0.15, -0.1) is 11.3 Å². The van der Waals surface area contributed by atoms with Gasteiger partial charge in [0.2, 0.25) is 0 Å². The number of hydrogen-bond donors (Lipinski definition) is 1. The van der Waals surface area contributed by atoms with Gasteiger partial charge in [-0.05, 0) is 67.6 Å². The number of benzene rings is 8. The highest BCUT2D eigenvalue weighted by Gasteiger charge is 2.38. The number of hydrogen-bond acceptors (Lipinski definition) is 3. The van der Waals surface area contributed by atoms with Gasteiger partial charge in [-0.1, -0.05) is 140 Å². The van der Waals surface area contributed by atoms with Crippen LogP contribution in [0.25, 0.3) is 74.9 Å². The lowest BCUT2D eigenvalue weighted by molar-refractivity contribution is 0.549. The molecule has 1 aliphatic heterocycles. The predicted octanol–water partition coefficient (Wildman–Crippen LogP) is 13.4. The summed E-state index contributed by atoms with van der Waals surface area (Å²) in [6, 6.07) is 57.9. The third-order valence-electron chi connectivity index (χ3n) is 11.4. The van der Waals surface area contributed by atoms with Crippen molar-refractivity contribution in [3.63, 3.8) is 0 Å². The minimum absolute atomic E-state index is 0.0133. The second-order valence-corrected chi connectivity index (χ2v) is 15.0. The fraction of sp³-hybridized carbons (Fsp3) is 0.0417. The van der Waals surface area contributed by atoms with Crippen LogP contribution in [-0.4, -0.2) is 0 Å². The highest BCUT2D eigenvalue weighted by molar-refractivity contribution is 7.26. The van der Waals surface area contributed by atoms with Crippen molar-refractivity contribution in [3.05, 3.63) is 186 Å². The third-order valence-corrected chi connectivity index (χ3v) is 12.6. The SMILES string of the molecule is c1cc(C2Nc3ccccc3-c3c2c2ccccc2c2ccccc32)cc(C2c3ccc4c(sc5ccccc54)c3-c3c2oc2ccccc32)c1. The average molecular weight is 668 g/mol. The lowest BCUT2D eigenvalue weighted by atomic mass is 9.79. The Morgan fingerprint density at radius 3 is 2.06 bits per heavy atom. The molecule has 3 heteroatoms. The van der Waals surface area contributed by atoms with Crippen molar-refractivity contribution in [1.82, 2.24) is 0 Å². The van der Waals surface area contributed by atoms with Crippen molar-refractivity contribution >= 4 is 69.7 Å². The molecule has 2 nitrogen and oxygen atoms in total. The minimum Gasteiger partial charge on any atom is -0.459 e. The minimum atomic E-state index is -0.0366. The van der Waals surface area contributed by atoms with Crippen LogP contribution in [0.3, 0.4) is 0 Å². The Labute approximate surface area is 298 Å². The van der Waals surface area contributed by atoms with E-state index < -0.39 is 0 Å². The summed E-state index contributed by atoms with van der Waals surface area (Å²) < 4.78 is 9.53. The van der Waals surface area contributed by atoms with Crippen molar-refractivity contribution in [2.24, 2.45) is 0 Å². The first-order chi connectivity index (χ1) is 25.3. The molecule has 12 rings (SSSR count). The zero-order valence-corrected chi connectivity index (χ0v) is 28.3. The van der Waals surface area contributed by atoms with E-state index in [2.05, 4.69) is 163 Å². The van der Waals surface area contributed by atoms with E-state index in [0.29, 0.717) is 0 Å². The first kappa shape index (κ1) is 27.6. The first-order valence-corrected chi connectivity index (χ1v) is 18.5. The Hall–Kier alpha value is -6.16. The van der Waals surface area contributed by atoms with E-state index >= 15 is 0 Å². The van der Waals surface area contributed by atoms with Crippen molar-refractivity contribution in [2.45, 2.75) is 12.0 Å². The highest BCUT2D eigenvalue weighted by Crippen LogP contribution is 2.57. The van der Waals surface area contributed by atoms with E-state index in [1.165, 1.54) is 97.3 Å². The molecule has 51 heavy (non-hydrogen) atoms. The van der Waals surface area contributed by atoms with Gasteiger partial charge < -0.3 is 9.73 Å². The number of rotatable bonds is 2. The zero-order chi connectivity index (χ0) is 33.2. The van der Waals surface area contributed by atoms with Gasteiger partial charge in [0.05, 0.1) is 12.0 Å². The largest absolute Gasteiger partial charge is 0.459 e. The maximum absolute atomic E-state index is 6.87. The molecule has 2 atom stereocenters. The Morgan fingerprint density at radius 2 is 1.18 bits per heavy atom. The normalized spacial score (nSPS) is 16.0. The molecule has 0 saturated carbocycles. The van der Waals surface area contributed by atoms with Gasteiger partial charge in [0.1, 0.15) is 11.3 Å². The van der Waals surface area contributed by atoms with E-state index in [0.717, 1.165) is 11.3 Å². The molecule has 0 spiro atoms. The smallest absolute Gasteiger partial charge is 0.134 e. The highest BCUT2D eigenvalue weighted by atomic mass is 32.1. The summed E-state index contributed by atoms with van der Waals surface area (Å²) in [6.45, 7) is 0. The maximum Gasteiger partial charge on any atom is 0.134 e. The number of nitrogens with one attached hydrogen (secondary N) is 1. The van der Waals surface area contributed by atoms with Crippen LogP contribution in [0.15, 0.2) is 162 Å². The standard InChI is InChI=1S/C48H29NOS/c1-3-17-32-29(14-1)30-15-2-4-18-33(30)43-42(32)35-19-5-8-21-38(35)49-46(43)28-13-11-12-27(26-28)41-37-25-24-34-31-16-7-10-23-40(31)51-48(34)45(37)44-36-20-6-9-22-39(36)50-47(41)44/h1-26,41,46,49H. The van der Waals surface area contributed by atoms with Crippen molar-refractivity contribution < 1.29 is 4.42 Å². The maximum atomic E-state index is 6.87. The van der Waals surface area contributed by atoms with Gasteiger partial charge in [-0.2, -0.15) is 0 Å². The van der Waals surface area contributed by atoms with Crippen molar-refractivity contribution in [2.75, 3.05) is 5.32 Å². The van der Waals surface area contributed by atoms with Crippen molar-refractivity contribution in [1.29, 1.82) is 0 Å². The van der Waals surface area contributed by atoms with Gasteiger partial charge in [-0.25, -0.2) is 0 Å². The number of thiophene rings is 1. The van der Waals surface area contributed by atoms with Crippen LogP contribution in [0.4, 0.5) is 5.69 Å². The fourth-order valence-corrected chi connectivity index (χ4v) is 10.5. The molecule has 8 aromatic carbocycles. The summed E-state index contributed by atoms with van der Waals surface area (Å²) in [6.07, 6.45) is 0. The molecule has 1 N–H and O–H groups in total. The van der Waals surface area contributed by atoms with Crippen LogP contribution in [0.2, 0.25) is 0 Å². The second kappa shape index (κ2) is 10.2. The summed E-state index contributed by atoms with van der Waals surface area (Å²) in [5, 5.41) is 13.0. The fourth-order valence-electron chi connectivity index (χ4n) is 9.28. The molecule has 238 valence electrons. The summed E-state index contributed by atoms with van der Waals surface area (Å²) in [4.78, 5) is 0. The topological polar surface area (TPSA) is 25.2 Å². The van der Waals surface area contributed by atoms with Gasteiger partial charge >= 0.3 is 0 Å². The lowest BCUT2D eigenvalue weighted by Crippen LogP contribution is -2.19. The van der Waals surface area contributed by atoms with Crippen molar-refractivity contribution in [3.8, 4) is 22.3 Å². The zero-order valence-electron chi connectivity index (χ0n) is 27.5. The van der Waals surface area contributed by atoms with E-state index in [4.69, 9.17) is 4.42 Å². The van der Waals surface area contributed by atoms with Crippen LogP contribution in [0, 0.1) is 0 Å². The first-order valence-electron chi connectivity index (χ1n) is 17.7. The Bertz CT molecular complexity index is 3090. The van der Waals surface area contributed by atoms with Gasteiger partial charge in [0, 0.05) is 47.9 Å².